The van der Waals surface area contributed by atoms with E-state index in [-0.39, 0.29) is 5.41 Å². The van der Waals surface area contributed by atoms with Crippen LogP contribution in [0.3, 0.4) is 0 Å². The molecule has 0 aliphatic heterocycles. The Morgan fingerprint density at radius 1 is 0.284 bits per heavy atom. The number of rotatable bonds is 9. The number of nitrogens with zero attached hydrogens (tertiary/aromatic N) is 1. The van der Waals surface area contributed by atoms with Crippen LogP contribution in [0.2, 0.25) is 0 Å². The van der Waals surface area contributed by atoms with Gasteiger partial charge in [0, 0.05) is 22.2 Å². The summed E-state index contributed by atoms with van der Waals surface area (Å²) in [6.45, 7) is 2.39. The molecule has 1 aliphatic rings. The maximum absolute atomic E-state index is 2.48. The lowest BCUT2D eigenvalue weighted by Crippen LogP contribution is -2.22. The van der Waals surface area contributed by atoms with Crippen molar-refractivity contribution in [1.82, 2.24) is 0 Å². The van der Waals surface area contributed by atoms with Crippen molar-refractivity contribution < 1.29 is 0 Å². The smallest absolute Gasteiger partial charge is 0.0540 e. The Labute approximate surface area is 393 Å². The van der Waals surface area contributed by atoms with Crippen LogP contribution in [0.4, 0.5) is 17.1 Å². The van der Waals surface area contributed by atoms with Crippen LogP contribution in [0.1, 0.15) is 23.6 Å². The minimum absolute atomic E-state index is 0.272. The van der Waals surface area contributed by atoms with Crippen LogP contribution in [-0.4, -0.2) is 0 Å². The van der Waals surface area contributed by atoms with Crippen LogP contribution in [0.5, 0.6) is 0 Å². The molecule has 1 atom stereocenters. The van der Waals surface area contributed by atoms with Crippen LogP contribution in [0.25, 0.3) is 77.5 Å². The zero-order chi connectivity index (χ0) is 44.7. The minimum Gasteiger partial charge on any atom is -0.309 e. The predicted octanol–water partition coefficient (Wildman–Crippen LogP) is 18.0. The van der Waals surface area contributed by atoms with E-state index in [1.807, 2.05) is 0 Å². The second kappa shape index (κ2) is 16.8. The molecule has 0 N–H and O–H groups in total. The van der Waals surface area contributed by atoms with E-state index in [1.54, 1.807) is 0 Å². The molecule has 0 aromatic heterocycles. The van der Waals surface area contributed by atoms with Gasteiger partial charge in [0.05, 0.1) is 11.4 Å². The summed E-state index contributed by atoms with van der Waals surface area (Å²) in [5.74, 6) is 0. The van der Waals surface area contributed by atoms with Crippen LogP contribution >= 0.6 is 0 Å². The Morgan fingerprint density at radius 2 is 0.761 bits per heavy atom. The Balaban J connectivity index is 1.05. The zero-order valence-corrected chi connectivity index (χ0v) is 37.4. The van der Waals surface area contributed by atoms with Crippen LogP contribution in [0.15, 0.2) is 267 Å². The molecule has 11 aromatic rings. The van der Waals surface area contributed by atoms with Gasteiger partial charge >= 0.3 is 0 Å². The molecular weight excluding hydrogens is 807 g/mol. The van der Waals surface area contributed by atoms with Crippen molar-refractivity contribution in [3.8, 4) is 66.8 Å². The van der Waals surface area contributed by atoms with Gasteiger partial charge in [-0.15, -0.1) is 0 Å². The average molecular weight is 854 g/mol. The quantitative estimate of drug-likeness (QED) is 0.140. The Kier molecular flexibility index (Phi) is 10.0. The Morgan fingerprint density at radius 3 is 1.46 bits per heavy atom. The highest BCUT2D eigenvalue weighted by molar-refractivity contribution is 6.09. The van der Waals surface area contributed by atoms with E-state index >= 15 is 0 Å². The third kappa shape index (κ3) is 6.96. The Hall–Kier alpha value is -8.52. The molecule has 12 rings (SSSR count). The molecular formula is C66H47N. The molecule has 0 spiro atoms. The molecule has 1 heteroatoms. The average Bonchev–Trinajstić information content (AvgIpc) is 3.67. The van der Waals surface area contributed by atoms with Gasteiger partial charge in [0.25, 0.3) is 0 Å². The third-order valence-electron chi connectivity index (χ3n) is 14.0. The van der Waals surface area contributed by atoms with E-state index < -0.39 is 0 Å². The molecule has 1 aliphatic carbocycles. The van der Waals surface area contributed by atoms with Crippen LogP contribution < -0.4 is 4.90 Å². The lowest BCUT2D eigenvalue weighted by molar-refractivity contribution is 0.714. The molecule has 0 saturated carbocycles. The highest BCUT2D eigenvalue weighted by Gasteiger charge is 2.40. The molecule has 0 saturated heterocycles. The van der Waals surface area contributed by atoms with Crippen molar-refractivity contribution in [3.63, 3.8) is 0 Å². The standard InChI is InChI=1S/C66H47N/c1-66(53-28-12-5-13-29-53)61-34-16-14-30-56(61)57-42-38-52(45-62(57)66)47-36-40-54(41-37-47)67(64-43-39-51(46-20-6-2-7-21-46)44-60(64)49-24-10-4-11-25-49)63-35-17-15-31-58(63)59-33-19-27-50-26-18-32-55(65(50)59)48-22-8-3-9-23-48/h2-45H,1H3. The first-order valence-corrected chi connectivity index (χ1v) is 23.3. The van der Waals surface area contributed by atoms with Crippen LogP contribution in [0, 0.1) is 0 Å². The van der Waals surface area contributed by atoms with Gasteiger partial charge in [0.1, 0.15) is 0 Å². The summed E-state index contributed by atoms with van der Waals surface area (Å²) >= 11 is 0. The van der Waals surface area contributed by atoms with Gasteiger partial charge in [-0.1, -0.05) is 231 Å². The molecule has 0 bridgehead atoms. The second-order valence-corrected chi connectivity index (χ2v) is 17.7. The normalized spacial score (nSPS) is 13.8. The number of hydrogen-bond acceptors (Lipinski definition) is 1. The second-order valence-electron chi connectivity index (χ2n) is 17.7. The lowest BCUT2D eigenvalue weighted by atomic mass is 9.74. The first-order valence-electron chi connectivity index (χ1n) is 23.3. The van der Waals surface area contributed by atoms with Crippen LogP contribution in [-0.2, 0) is 5.41 Å². The number of fused-ring (bicyclic) bond motifs is 4. The van der Waals surface area contributed by atoms with Gasteiger partial charge < -0.3 is 4.90 Å². The fourth-order valence-electron chi connectivity index (χ4n) is 10.7. The van der Waals surface area contributed by atoms with Gasteiger partial charge in [-0.3, -0.25) is 0 Å². The van der Waals surface area contributed by atoms with Crippen molar-refractivity contribution in [1.29, 1.82) is 0 Å². The molecule has 316 valence electrons. The number of hydrogen-bond donors (Lipinski definition) is 0. The topological polar surface area (TPSA) is 3.24 Å². The van der Waals surface area contributed by atoms with Crippen molar-refractivity contribution in [2.45, 2.75) is 12.3 Å². The minimum atomic E-state index is -0.272. The van der Waals surface area contributed by atoms with Crippen molar-refractivity contribution in [3.05, 3.63) is 284 Å². The van der Waals surface area contributed by atoms with E-state index in [0.29, 0.717) is 0 Å². The first kappa shape index (κ1) is 40.0. The summed E-state index contributed by atoms with van der Waals surface area (Å²) in [6.07, 6.45) is 0. The van der Waals surface area contributed by atoms with Crippen molar-refractivity contribution in [2.75, 3.05) is 4.90 Å². The maximum atomic E-state index is 2.48. The highest BCUT2D eigenvalue weighted by Crippen LogP contribution is 2.54. The van der Waals surface area contributed by atoms with E-state index in [2.05, 4.69) is 279 Å². The summed E-state index contributed by atoms with van der Waals surface area (Å²) in [5.41, 5.74) is 21.5. The molecule has 0 radical (unpaired) electrons. The lowest BCUT2D eigenvalue weighted by Gasteiger charge is -2.31. The fourth-order valence-corrected chi connectivity index (χ4v) is 10.7. The Bertz CT molecular complexity index is 3550. The van der Waals surface area contributed by atoms with Gasteiger partial charge in [-0.05, 0) is 126 Å². The van der Waals surface area contributed by atoms with Gasteiger partial charge in [-0.2, -0.15) is 0 Å². The molecule has 0 heterocycles. The van der Waals surface area contributed by atoms with E-state index in [1.165, 1.54) is 77.5 Å². The van der Waals surface area contributed by atoms with Gasteiger partial charge in [0.2, 0.25) is 0 Å². The third-order valence-corrected chi connectivity index (χ3v) is 14.0. The van der Waals surface area contributed by atoms with Gasteiger partial charge in [0.15, 0.2) is 0 Å². The van der Waals surface area contributed by atoms with E-state index in [0.717, 1.165) is 33.8 Å². The van der Waals surface area contributed by atoms with E-state index in [9.17, 15) is 0 Å². The summed E-state index contributed by atoms with van der Waals surface area (Å²) in [7, 11) is 0. The molecule has 1 nitrogen and oxygen atoms in total. The molecule has 67 heavy (non-hydrogen) atoms. The SMILES string of the molecule is CC1(c2ccccc2)c2ccccc2-c2ccc(-c3ccc(N(c4ccc(-c5ccccc5)cc4-c4ccccc4)c4ccccc4-c4cccc5cccc(-c6ccccc6)c45)cc3)cc21. The number of anilines is 3. The number of para-hydroxylation sites is 1. The summed E-state index contributed by atoms with van der Waals surface area (Å²) in [4.78, 5) is 2.48. The highest BCUT2D eigenvalue weighted by atomic mass is 15.1. The molecule has 0 fully saturated rings. The predicted molar refractivity (Wildman–Crippen MR) is 283 cm³/mol. The van der Waals surface area contributed by atoms with E-state index in [4.69, 9.17) is 0 Å². The molecule has 0 amide bonds. The monoisotopic (exact) mass is 853 g/mol. The van der Waals surface area contributed by atoms with Gasteiger partial charge in [-0.25, -0.2) is 0 Å². The summed E-state index contributed by atoms with van der Waals surface area (Å²) < 4.78 is 0. The molecule has 1 unspecified atom stereocenters. The fraction of sp³-hybridized carbons (Fsp3) is 0.0303. The zero-order valence-electron chi connectivity index (χ0n) is 37.4. The first-order chi connectivity index (χ1) is 33.1. The summed E-state index contributed by atoms with van der Waals surface area (Å²) in [5, 5.41) is 2.45. The number of benzene rings is 11. The maximum Gasteiger partial charge on any atom is 0.0540 e. The summed E-state index contributed by atoms with van der Waals surface area (Å²) in [6, 6.07) is 97.8. The largest absolute Gasteiger partial charge is 0.309 e. The van der Waals surface area contributed by atoms with Crippen molar-refractivity contribution >= 4 is 27.8 Å². The van der Waals surface area contributed by atoms with Crippen molar-refractivity contribution in [2.24, 2.45) is 0 Å². The molecule has 11 aromatic carbocycles.